The first-order chi connectivity index (χ1) is 13.2. The van der Waals surface area contributed by atoms with Crippen molar-refractivity contribution < 1.29 is 14.2 Å². The Kier molecular flexibility index (Phi) is 7.32. The first-order valence-corrected chi connectivity index (χ1v) is 11.7. The Morgan fingerprint density at radius 3 is 2.21 bits per heavy atom. The summed E-state index contributed by atoms with van der Waals surface area (Å²) in [5.41, 5.74) is 2.04. The molecule has 3 heteroatoms. The molecule has 2 saturated heterocycles. The van der Waals surface area contributed by atoms with E-state index in [4.69, 9.17) is 14.2 Å². The van der Waals surface area contributed by atoms with Gasteiger partial charge in [0.05, 0.1) is 25.4 Å². The largest absolute Gasteiger partial charge is 0.381 e. The van der Waals surface area contributed by atoms with Crippen molar-refractivity contribution in [3.05, 3.63) is 11.6 Å². The summed E-state index contributed by atoms with van der Waals surface area (Å²) in [7, 11) is 0. The normalized spacial score (nSPS) is 32.1. The van der Waals surface area contributed by atoms with Crippen LogP contribution in [0.25, 0.3) is 0 Å². The molecule has 3 rings (SSSR count). The highest BCUT2D eigenvalue weighted by molar-refractivity contribution is 5.14. The van der Waals surface area contributed by atoms with Gasteiger partial charge in [-0.3, -0.25) is 0 Å². The van der Waals surface area contributed by atoms with Crippen LogP contribution in [0.1, 0.15) is 80.1 Å². The van der Waals surface area contributed by atoms with Crippen molar-refractivity contribution in [2.24, 2.45) is 28.6 Å². The maximum absolute atomic E-state index is 6.44. The minimum Gasteiger partial charge on any atom is -0.381 e. The van der Waals surface area contributed by atoms with Gasteiger partial charge in [-0.05, 0) is 72.7 Å². The first kappa shape index (κ1) is 22.3. The summed E-state index contributed by atoms with van der Waals surface area (Å²) < 4.78 is 18.2. The van der Waals surface area contributed by atoms with E-state index < -0.39 is 0 Å². The third kappa shape index (κ3) is 5.40. The Balaban J connectivity index is 1.45. The second-order valence-electron chi connectivity index (χ2n) is 11.2. The zero-order valence-electron chi connectivity index (χ0n) is 19.3. The molecule has 2 fully saturated rings. The molecule has 0 bridgehead atoms. The fraction of sp³-hybridized carbons (Fsp3) is 0.920. The van der Waals surface area contributed by atoms with E-state index in [-0.39, 0.29) is 5.41 Å². The molecule has 0 saturated carbocycles. The number of rotatable bonds is 5. The quantitative estimate of drug-likeness (QED) is 0.535. The van der Waals surface area contributed by atoms with Crippen LogP contribution in [0.2, 0.25) is 0 Å². The zero-order valence-corrected chi connectivity index (χ0v) is 19.3. The van der Waals surface area contributed by atoms with Gasteiger partial charge in [-0.1, -0.05) is 47.6 Å². The maximum atomic E-state index is 6.44. The molecule has 0 spiro atoms. The van der Waals surface area contributed by atoms with Crippen LogP contribution in [0, 0.1) is 28.6 Å². The Morgan fingerprint density at radius 2 is 1.68 bits per heavy atom. The molecule has 0 aromatic rings. The SMILES string of the molecule is CC(CC1CC=C(C(C)(C)C)CO1)C1CCC(C(C)(C)C2CCOCC2)CO1. The summed E-state index contributed by atoms with van der Waals surface area (Å²) in [4.78, 5) is 0. The minimum atomic E-state index is 0.231. The van der Waals surface area contributed by atoms with Crippen LogP contribution >= 0.6 is 0 Å². The van der Waals surface area contributed by atoms with Gasteiger partial charge in [0, 0.05) is 13.2 Å². The lowest BCUT2D eigenvalue weighted by molar-refractivity contribution is -0.101. The standard InChI is InChI=1S/C25H44O3/c1-18(15-22-9-7-20(16-27-22)24(2,3)4)23-10-8-21(17-28-23)25(5,6)19-11-13-26-14-12-19/h7,18-19,21-23H,8-17H2,1-6H3. The molecule has 0 amide bonds. The fourth-order valence-corrected chi connectivity index (χ4v) is 5.44. The number of hydrogen-bond acceptors (Lipinski definition) is 3. The molecule has 162 valence electrons. The van der Waals surface area contributed by atoms with Crippen LogP contribution in [0.5, 0.6) is 0 Å². The second-order valence-corrected chi connectivity index (χ2v) is 11.2. The van der Waals surface area contributed by atoms with Crippen LogP contribution in [-0.2, 0) is 14.2 Å². The van der Waals surface area contributed by atoms with E-state index in [1.54, 1.807) is 0 Å². The van der Waals surface area contributed by atoms with E-state index >= 15 is 0 Å². The summed E-state index contributed by atoms with van der Waals surface area (Å²) in [5, 5.41) is 0. The van der Waals surface area contributed by atoms with Crippen molar-refractivity contribution in [1.82, 2.24) is 0 Å². The van der Waals surface area contributed by atoms with E-state index in [0.29, 0.717) is 29.5 Å². The molecule has 3 aliphatic heterocycles. The van der Waals surface area contributed by atoms with Gasteiger partial charge in [0.1, 0.15) is 0 Å². The average molecular weight is 393 g/mol. The van der Waals surface area contributed by atoms with Gasteiger partial charge >= 0.3 is 0 Å². The van der Waals surface area contributed by atoms with Gasteiger partial charge in [-0.25, -0.2) is 0 Å². The molecule has 0 aliphatic carbocycles. The monoisotopic (exact) mass is 392 g/mol. The Hall–Kier alpha value is -0.380. The molecular formula is C25H44O3. The molecule has 0 aromatic heterocycles. The highest BCUT2D eigenvalue weighted by atomic mass is 16.5. The van der Waals surface area contributed by atoms with E-state index in [9.17, 15) is 0 Å². The van der Waals surface area contributed by atoms with Crippen LogP contribution < -0.4 is 0 Å². The highest BCUT2D eigenvalue weighted by Crippen LogP contribution is 2.45. The molecule has 3 nitrogen and oxygen atoms in total. The third-order valence-electron chi connectivity index (χ3n) is 7.97. The first-order valence-electron chi connectivity index (χ1n) is 11.7. The molecule has 0 N–H and O–H groups in total. The molecule has 3 heterocycles. The van der Waals surface area contributed by atoms with Crippen molar-refractivity contribution in [2.75, 3.05) is 26.4 Å². The van der Waals surface area contributed by atoms with Crippen LogP contribution in [0.3, 0.4) is 0 Å². The molecule has 4 unspecified atom stereocenters. The molecule has 4 atom stereocenters. The van der Waals surface area contributed by atoms with Crippen molar-refractivity contribution >= 4 is 0 Å². The summed E-state index contributed by atoms with van der Waals surface area (Å²) >= 11 is 0. The van der Waals surface area contributed by atoms with Gasteiger partial charge in [0.15, 0.2) is 0 Å². The predicted octanol–water partition coefficient (Wildman–Crippen LogP) is 6.02. The molecule has 3 aliphatic rings. The average Bonchev–Trinajstić information content (AvgIpc) is 2.68. The van der Waals surface area contributed by atoms with Crippen LogP contribution in [0.15, 0.2) is 11.6 Å². The lowest BCUT2D eigenvalue weighted by Crippen LogP contribution is -2.43. The maximum Gasteiger partial charge on any atom is 0.0685 e. The van der Waals surface area contributed by atoms with E-state index in [1.807, 2.05) is 0 Å². The third-order valence-corrected chi connectivity index (χ3v) is 7.97. The van der Waals surface area contributed by atoms with Gasteiger partial charge in [-0.15, -0.1) is 0 Å². The summed E-state index contributed by atoms with van der Waals surface area (Å²) in [5.74, 6) is 2.03. The van der Waals surface area contributed by atoms with E-state index in [0.717, 1.165) is 45.2 Å². The van der Waals surface area contributed by atoms with E-state index in [1.165, 1.54) is 31.3 Å². The predicted molar refractivity (Wildman–Crippen MR) is 115 cm³/mol. The number of ether oxygens (including phenoxy) is 3. The highest BCUT2D eigenvalue weighted by Gasteiger charge is 2.41. The molecule has 0 radical (unpaired) electrons. The summed E-state index contributed by atoms with van der Waals surface area (Å²) in [6.45, 7) is 17.7. The van der Waals surface area contributed by atoms with Crippen molar-refractivity contribution in [2.45, 2.75) is 92.3 Å². The zero-order chi connectivity index (χ0) is 20.4. The van der Waals surface area contributed by atoms with Gasteiger partial charge in [0.25, 0.3) is 0 Å². The fourth-order valence-electron chi connectivity index (χ4n) is 5.44. The minimum absolute atomic E-state index is 0.231. The summed E-state index contributed by atoms with van der Waals surface area (Å²) in [6, 6.07) is 0. The van der Waals surface area contributed by atoms with Crippen LogP contribution in [0.4, 0.5) is 0 Å². The van der Waals surface area contributed by atoms with Crippen LogP contribution in [-0.4, -0.2) is 38.6 Å². The van der Waals surface area contributed by atoms with Gasteiger partial charge < -0.3 is 14.2 Å². The lowest BCUT2D eigenvalue weighted by Gasteiger charge is -2.46. The van der Waals surface area contributed by atoms with Crippen molar-refractivity contribution in [3.8, 4) is 0 Å². The van der Waals surface area contributed by atoms with Crippen molar-refractivity contribution in [3.63, 3.8) is 0 Å². The smallest absolute Gasteiger partial charge is 0.0685 e. The Labute approximate surface area is 173 Å². The molecule has 28 heavy (non-hydrogen) atoms. The van der Waals surface area contributed by atoms with Gasteiger partial charge in [0.2, 0.25) is 0 Å². The lowest BCUT2D eigenvalue weighted by atomic mass is 9.64. The van der Waals surface area contributed by atoms with Crippen molar-refractivity contribution in [1.29, 1.82) is 0 Å². The molecular weight excluding hydrogens is 348 g/mol. The number of hydrogen-bond donors (Lipinski definition) is 0. The van der Waals surface area contributed by atoms with Gasteiger partial charge in [-0.2, -0.15) is 0 Å². The second kappa shape index (κ2) is 9.18. The van der Waals surface area contributed by atoms with E-state index in [2.05, 4.69) is 47.6 Å². The topological polar surface area (TPSA) is 27.7 Å². The Morgan fingerprint density at radius 1 is 0.964 bits per heavy atom. The Bertz CT molecular complexity index is 516. The molecule has 0 aromatic carbocycles. The summed E-state index contributed by atoms with van der Waals surface area (Å²) in [6.07, 6.45) is 10.3.